The molecule has 15 rings (SSSR count). The van der Waals surface area contributed by atoms with Gasteiger partial charge in [-0.3, -0.25) is 0 Å². The SMILES string of the molecule is Cc1cc2c(c3ccccc13)N(c1cccc3c4ccccc4c4ccccc4c13)c1cccc3c1B2c1cc(C)c2ccccc2c1N3c1cccc2c3ccccc3c3ccccc3c12. The van der Waals surface area contributed by atoms with Crippen molar-refractivity contribution >= 4 is 143 Å². The smallest absolute Gasteiger partial charge is 0.252 e. The second kappa shape index (κ2) is 13.6. The normalized spacial score (nSPS) is 13.1. The summed E-state index contributed by atoms with van der Waals surface area (Å²) in [6, 6.07) is 80.2. The van der Waals surface area contributed by atoms with E-state index in [1.165, 1.54) is 148 Å². The molecular weight excluding hydrogens is 808 g/mol. The molecule has 0 bridgehead atoms. The Morgan fingerprint density at radius 2 is 0.537 bits per heavy atom. The van der Waals surface area contributed by atoms with E-state index in [9.17, 15) is 0 Å². The molecule has 2 aliphatic heterocycles. The van der Waals surface area contributed by atoms with Crippen molar-refractivity contribution in [2.75, 3.05) is 9.80 Å². The zero-order valence-electron chi connectivity index (χ0n) is 37.2. The lowest BCUT2D eigenvalue weighted by Gasteiger charge is -2.45. The maximum atomic E-state index is 2.65. The highest BCUT2D eigenvalue weighted by molar-refractivity contribution is 7.01. The lowest BCUT2D eigenvalue weighted by Crippen LogP contribution is -2.61. The van der Waals surface area contributed by atoms with Crippen molar-refractivity contribution in [3.05, 3.63) is 223 Å². The van der Waals surface area contributed by atoms with Crippen molar-refractivity contribution in [2.45, 2.75) is 13.8 Å². The first-order chi connectivity index (χ1) is 33.1. The Bertz CT molecular complexity index is 3970. The Kier molecular flexibility index (Phi) is 7.47. The van der Waals surface area contributed by atoms with E-state index in [-0.39, 0.29) is 6.71 Å². The number of hydrogen-bond donors (Lipinski definition) is 0. The monoisotopic (exact) mass is 848 g/mol. The lowest BCUT2D eigenvalue weighted by molar-refractivity contribution is 1.28. The Morgan fingerprint density at radius 3 is 0.910 bits per heavy atom. The number of rotatable bonds is 2. The van der Waals surface area contributed by atoms with Crippen LogP contribution in [0.4, 0.5) is 34.1 Å². The molecular formula is C64H41BN2. The lowest BCUT2D eigenvalue weighted by atomic mass is 9.33. The summed E-state index contributed by atoms with van der Waals surface area (Å²) in [5.41, 5.74) is 13.9. The Hall–Kier alpha value is -8.40. The quantitative estimate of drug-likeness (QED) is 0.126. The first-order valence-electron chi connectivity index (χ1n) is 23.6. The van der Waals surface area contributed by atoms with E-state index in [0.717, 1.165) is 0 Å². The van der Waals surface area contributed by atoms with Gasteiger partial charge in [-0.05, 0) is 130 Å². The summed E-state index contributed by atoms with van der Waals surface area (Å²) < 4.78 is 0. The van der Waals surface area contributed by atoms with Crippen LogP contribution in [-0.2, 0) is 0 Å². The van der Waals surface area contributed by atoms with Crippen molar-refractivity contribution in [2.24, 2.45) is 0 Å². The summed E-state index contributed by atoms with van der Waals surface area (Å²) in [5, 5.41) is 20.4. The molecule has 0 aliphatic carbocycles. The van der Waals surface area contributed by atoms with Crippen LogP contribution >= 0.6 is 0 Å². The molecule has 310 valence electrons. The summed E-state index contributed by atoms with van der Waals surface area (Å²) in [6.45, 7) is 4.58. The van der Waals surface area contributed by atoms with Gasteiger partial charge in [-0.2, -0.15) is 0 Å². The molecule has 2 nitrogen and oxygen atoms in total. The summed E-state index contributed by atoms with van der Waals surface area (Å²) in [6.07, 6.45) is 0. The van der Waals surface area contributed by atoms with Crippen LogP contribution in [0.1, 0.15) is 11.1 Å². The van der Waals surface area contributed by atoms with Gasteiger partial charge in [-0.25, -0.2) is 0 Å². The molecule has 0 fully saturated rings. The van der Waals surface area contributed by atoms with E-state index >= 15 is 0 Å². The number of aryl methyl sites for hydroxylation is 2. The molecule has 0 unspecified atom stereocenters. The molecule has 0 saturated heterocycles. The van der Waals surface area contributed by atoms with Gasteiger partial charge in [0, 0.05) is 44.3 Å². The van der Waals surface area contributed by atoms with Crippen LogP contribution in [-0.4, -0.2) is 6.71 Å². The molecule has 0 atom stereocenters. The first-order valence-corrected chi connectivity index (χ1v) is 23.6. The predicted octanol–water partition coefficient (Wildman–Crippen LogP) is 15.6. The summed E-state index contributed by atoms with van der Waals surface area (Å²) >= 11 is 0. The fourth-order valence-corrected chi connectivity index (χ4v) is 12.8. The molecule has 2 aliphatic rings. The number of hydrogen-bond acceptors (Lipinski definition) is 2. The third-order valence-electron chi connectivity index (χ3n) is 15.4. The largest absolute Gasteiger partial charge is 0.310 e. The fourth-order valence-electron chi connectivity index (χ4n) is 12.8. The van der Waals surface area contributed by atoms with Gasteiger partial charge in [-0.1, -0.05) is 188 Å². The van der Waals surface area contributed by atoms with E-state index in [0.29, 0.717) is 0 Å². The van der Waals surface area contributed by atoms with Crippen molar-refractivity contribution in [1.29, 1.82) is 0 Å². The summed E-state index contributed by atoms with van der Waals surface area (Å²) in [5.74, 6) is 0. The van der Waals surface area contributed by atoms with Crippen LogP contribution in [0.3, 0.4) is 0 Å². The van der Waals surface area contributed by atoms with Gasteiger partial charge in [0.1, 0.15) is 0 Å². The molecule has 13 aromatic rings. The summed E-state index contributed by atoms with van der Waals surface area (Å²) in [4.78, 5) is 5.30. The Labute approximate surface area is 388 Å². The van der Waals surface area contributed by atoms with E-state index in [2.05, 4.69) is 236 Å². The second-order valence-electron chi connectivity index (χ2n) is 18.7. The predicted molar refractivity (Wildman–Crippen MR) is 290 cm³/mol. The van der Waals surface area contributed by atoms with Crippen LogP contribution in [0.15, 0.2) is 212 Å². The zero-order chi connectivity index (χ0) is 44.1. The minimum atomic E-state index is -0.0320. The fraction of sp³-hybridized carbons (Fsp3) is 0.0312. The molecule has 3 heteroatoms. The molecule has 0 radical (unpaired) electrons. The highest BCUT2D eigenvalue weighted by atomic mass is 15.2. The minimum Gasteiger partial charge on any atom is -0.310 e. The average molecular weight is 849 g/mol. The van der Waals surface area contributed by atoms with E-state index in [4.69, 9.17) is 0 Å². The maximum Gasteiger partial charge on any atom is 0.252 e. The third kappa shape index (κ3) is 4.85. The van der Waals surface area contributed by atoms with E-state index < -0.39 is 0 Å². The molecule has 0 N–H and O–H groups in total. The number of anilines is 6. The highest BCUT2D eigenvalue weighted by Gasteiger charge is 2.45. The van der Waals surface area contributed by atoms with Crippen molar-refractivity contribution < 1.29 is 0 Å². The van der Waals surface area contributed by atoms with Crippen molar-refractivity contribution in [3.63, 3.8) is 0 Å². The molecule has 0 amide bonds. The molecule has 0 saturated carbocycles. The van der Waals surface area contributed by atoms with Gasteiger partial charge >= 0.3 is 0 Å². The standard InChI is InChI=1S/C64H41BN2/c1-38-36-54-63(52-28-13-3-18-40(38)52)66(56-32-15-30-50-46-22-7-5-20-42(46)44-24-9-11-26-48(44)60(50)56)58-34-17-35-59-62(58)65(54)55-37-39(2)41-19-4-14-29-53(41)64(55)67(59)57-33-16-31-51-47-23-8-6-21-43(47)45-25-10-12-27-49(45)61(51)57/h3-37H,1-2H3. The second-order valence-corrected chi connectivity index (χ2v) is 18.7. The van der Waals surface area contributed by atoms with E-state index in [1.807, 2.05) is 0 Å². The zero-order valence-corrected chi connectivity index (χ0v) is 37.2. The highest BCUT2D eigenvalue weighted by Crippen LogP contribution is 2.52. The van der Waals surface area contributed by atoms with Gasteiger partial charge in [-0.15, -0.1) is 0 Å². The van der Waals surface area contributed by atoms with Gasteiger partial charge in [0.25, 0.3) is 6.71 Å². The number of fused-ring (bicyclic) bond motifs is 20. The maximum absolute atomic E-state index is 2.65. The van der Waals surface area contributed by atoms with Gasteiger partial charge in [0.2, 0.25) is 0 Å². The Balaban J connectivity index is 1.13. The molecule has 67 heavy (non-hydrogen) atoms. The Morgan fingerprint density at radius 1 is 0.269 bits per heavy atom. The summed E-state index contributed by atoms with van der Waals surface area (Å²) in [7, 11) is 0. The van der Waals surface area contributed by atoms with E-state index in [1.54, 1.807) is 0 Å². The van der Waals surface area contributed by atoms with Crippen LogP contribution in [0.5, 0.6) is 0 Å². The van der Waals surface area contributed by atoms with Crippen LogP contribution < -0.4 is 26.2 Å². The van der Waals surface area contributed by atoms with Crippen LogP contribution in [0.25, 0.3) is 86.2 Å². The number of benzene rings is 13. The molecule has 0 aromatic heterocycles. The van der Waals surface area contributed by atoms with Crippen LogP contribution in [0, 0.1) is 13.8 Å². The van der Waals surface area contributed by atoms with Gasteiger partial charge in [0.05, 0.1) is 11.4 Å². The van der Waals surface area contributed by atoms with Crippen LogP contribution in [0.2, 0.25) is 0 Å². The topological polar surface area (TPSA) is 6.48 Å². The average Bonchev–Trinajstić information content (AvgIpc) is 3.39. The number of nitrogens with zero attached hydrogens (tertiary/aromatic N) is 2. The van der Waals surface area contributed by atoms with Crippen molar-refractivity contribution in [1.82, 2.24) is 0 Å². The van der Waals surface area contributed by atoms with Gasteiger partial charge < -0.3 is 9.80 Å². The van der Waals surface area contributed by atoms with Crippen molar-refractivity contribution in [3.8, 4) is 0 Å². The molecule has 2 heterocycles. The van der Waals surface area contributed by atoms with Gasteiger partial charge in [0.15, 0.2) is 0 Å². The molecule has 13 aromatic carbocycles. The first kappa shape index (κ1) is 36.9. The minimum absolute atomic E-state index is 0.0320. The molecule has 0 spiro atoms. The third-order valence-corrected chi connectivity index (χ3v) is 15.4.